The molecular formula is C18H22N2O3S. The molecule has 0 atom stereocenters. The number of nitrogens with zero attached hydrogens (tertiary/aromatic N) is 1. The van der Waals surface area contributed by atoms with Gasteiger partial charge in [-0.2, -0.15) is 0 Å². The van der Waals surface area contributed by atoms with Crippen molar-refractivity contribution in [1.29, 1.82) is 0 Å². The van der Waals surface area contributed by atoms with Crippen molar-refractivity contribution in [1.82, 2.24) is 4.90 Å². The highest BCUT2D eigenvalue weighted by molar-refractivity contribution is 7.16. The summed E-state index contributed by atoms with van der Waals surface area (Å²) >= 11 is 1.54. The van der Waals surface area contributed by atoms with E-state index in [0.29, 0.717) is 27.6 Å². The van der Waals surface area contributed by atoms with Gasteiger partial charge in [-0.05, 0) is 36.7 Å². The lowest BCUT2D eigenvalue weighted by Crippen LogP contribution is -2.29. The summed E-state index contributed by atoms with van der Waals surface area (Å²) in [5, 5.41) is 0.609. The largest absolute Gasteiger partial charge is 0.493 e. The third-order valence-electron chi connectivity index (χ3n) is 4.48. The summed E-state index contributed by atoms with van der Waals surface area (Å²) in [7, 11) is 3.14. The van der Waals surface area contributed by atoms with Gasteiger partial charge in [0.1, 0.15) is 0 Å². The first-order chi connectivity index (χ1) is 11.6. The van der Waals surface area contributed by atoms with Gasteiger partial charge in [0, 0.05) is 23.5 Å². The molecule has 5 nitrogen and oxygen atoms in total. The zero-order valence-electron chi connectivity index (χ0n) is 14.2. The number of anilines is 1. The number of methoxy groups -OCH3 is 2. The maximum absolute atomic E-state index is 13.0. The van der Waals surface area contributed by atoms with Gasteiger partial charge in [-0.1, -0.05) is 6.92 Å². The second kappa shape index (κ2) is 6.83. The van der Waals surface area contributed by atoms with Gasteiger partial charge in [0.05, 0.1) is 24.8 Å². The van der Waals surface area contributed by atoms with Crippen molar-refractivity contribution >= 4 is 22.1 Å². The number of nitrogen functional groups attached to an aromatic ring is 1. The number of likely N-dealkylation sites (N-methyl/N-ethyl adjacent to an activating group) is 1. The Morgan fingerprint density at radius 1 is 1.29 bits per heavy atom. The Balaban J connectivity index is 1.98. The average Bonchev–Trinajstić information content (AvgIpc) is 2.94. The van der Waals surface area contributed by atoms with E-state index in [1.165, 1.54) is 16.2 Å². The van der Waals surface area contributed by atoms with Gasteiger partial charge >= 0.3 is 0 Å². The first kappa shape index (κ1) is 16.8. The molecule has 0 unspecified atom stereocenters. The van der Waals surface area contributed by atoms with Crippen LogP contribution < -0.4 is 15.2 Å². The predicted molar refractivity (Wildman–Crippen MR) is 96.4 cm³/mol. The van der Waals surface area contributed by atoms with Crippen molar-refractivity contribution < 1.29 is 14.3 Å². The molecule has 24 heavy (non-hydrogen) atoms. The molecule has 1 aromatic carbocycles. The zero-order valence-corrected chi connectivity index (χ0v) is 15.0. The quantitative estimate of drug-likeness (QED) is 0.843. The molecule has 1 aliphatic rings. The number of carbonyl (C=O) groups excluding carboxylic acids is 1. The van der Waals surface area contributed by atoms with Crippen LogP contribution in [0.1, 0.15) is 33.3 Å². The van der Waals surface area contributed by atoms with Crippen LogP contribution in [0.5, 0.6) is 11.5 Å². The highest BCUT2D eigenvalue weighted by atomic mass is 32.1. The Morgan fingerprint density at radius 2 is 2.04 bits per heavy atom. The molecular weight excluding hydrogens is 324 g/mol. The van der Waals surface area contributed by atoms with E-state index >= 15 is 0 Å². The van der Waals surface area contributed by atoms with E-state index in [1.807, 2.05) is 0 Å². The van der Waals surface area contributed by atoms with Gasteiger partial charge in [-0.25, -0.2) is 0 Å². The molecule has 0 saturated carbocycles. The van der Waals surface area contributed by atoms with E-state index in [1.54, 1.807) is 32.4 Å². The van der Waals surface area contributed by atoms with Crippen molar-refractivity contribution in [3.05, 3.63) is 39.8 Å². The molecule has 0 saturated heterocycles. The van der Waals surface area contributed by atoms with Crippen LogP contribution in [0.2, 0.25) is 0 Å². The number of ether oxygens (including phenoxy) is 2. The van der Waals surface area contributed by atoms with Crippen molar-refractivity contribution in [3.8, 4) is 11.5 Å². The maximum atomic E-state index is 13.0. The molecule has 0 radical (unpaired) electrons. The summed E-state index contributed by atoms with van der Waals surface area (Å²) in [5.74, 6) is 1.10. The molecule has 2 N–H and O–H groups in total. The van der Waals surface area contributed by atoms with Crippen LogP contribution in [-0.2, 0) is 13.0 Å². The van der Waals surface area contributed by atoms with Crippen molar-refractivity contribution in [3.63, 3.8) is 0 Å². The van der Waals surface area contributed by atoms with Crippen LogP contribution in [0.3, 0.4) is 0 Å². The summed E-state index contributed by atoms with van der Waals surface area (Å²) in [6.07, 6.45) is 0.866. The number of hydrogen-bond acceptors (Lipinski definition) is 6. The highest BCUT2D eigenvalue weighted by Gasteiger charge is 2.27. The van der Waals surface area contributed by atoms with Gasteiger partial charge < -0.3 is 15.2 Å². The van der Waals surface area contributed by atoms with E-state index < -0.39 is 0 Å². The number of fused-ring (bicyclic) bond motifs is 1. The van der Waals surface area contributed by atoms with Crippen LogP contribution in [0, 0.1) is 0 Å². The summed E-state index contributed by atoms with van der Waals surface area (Å²) in [5.41, 5.74) is 8.54. The van der Waals surface area contributed by atoms with Gasteiger partial charge in [-0.3, -0.25) is 9.69 Å². The normalized spacial score (nSPS) is 14.3. The second-order valence-electron chi connectivity index (χ2n) is 5.76. The van der Waals surface area contributed by atoms with Crippen molar-refractivity contribution in [2.75, 3.05) is 33.0 Å². The fourth-order valence-electron chi connectivity index (χ4n) is 3.12. The molecule has 3 rings (SSSR count). The van der Waals surface area contributed by atoms with Crippen LogP contribution >= 0.6 is 11.3 Å². The minimum absolute atomic E-state index is 0.0455. The van der Waals surface area contributed by atoms with E-state index in [4.69, 9.17) is 15.2 Å². The molecule has 0 amide bonds. The SMILES string of the molecule is CCN1CCc2c(sc(N)c2C(=O)c2ccc(OC)c(OC)c2)C1. The van der Waals surface area contributed by atoms with Gasteiger partial charge in [-0.15, -0.1) is 11.3 Å². The topological polar surface area (TPSA) is 64.8 Å². The molecule has 0 bridgehead atoms. The standard InChI is InChI=1S/C18H22N2O3S/c1-4-20-8-7-12-15(10-20)24-18(19)16(12)17(21)11-5-6-13(22-2)14(9-11)23-3/h5-6,9H,4,7-8,10,19H2,1-3H3. The highest BCUT2D eigenvalue weighted by Crippen LogP contribution is 2.37. The monoisotopic (exact) mass is 346 g/mol. The van der Waals surface area contributed by atoms with E-state index in [9.17, 15) is 4.79 Å². The Kier molecular flexibility index (Phi) is 4.78. The first-order valence-electron chi connectivity index (χ1n) is 7.98. The second-order valence-corrected chi connectivity index (χ2v) is 6.90. The fourth-order valence-corrected chi connectivity index (χ4v) is 4.28. The van der Waals surface area contributed by atoms with E-state index in [-0.39, 0.29) is 5.78 Å². The number of benzene rings is 1. The maximum Gasteiger partial charge on any atom is 0.196 e. The first-order valence-corrected chi connectivity index (χ1v) is 8.79. The number of hydrogen-bond donors (Lipinski definition) is 1. The predicted octanol–water partition coefficient (Wildman–Crippen LogP) is 2.96. The molecule has 2 aromatic rings. The molecule has 0 aliphatic carbocycles. The number of nitrogens with two attached hydrogens (primary N) is 1. The number of thiophene rings is 1. The fraction of sp³-hybridized carbons (Fsp3) is 0.389. The zero-order chi connectivity index (χ0) is 17.3. The summed E-state index contributed by atoms with van der Waals surface area (Å²) in [6.45, 7) is 5.00. The summed E-state index contributed by atoms with van der Waals surface area (Å²) in [4.78, 5) is 16.6. The lowest BCUT2D eigenvalue weighted by atomic mass is 9.96. The number of carbonyl (C=O) groups is 1. The molecule has 1 aromatic heterocycles. The van der Waals surface area contributed by atoms with Gasteiger partial charge in [0.15, 0.2) is 17.3 Å². The Morgan fingerprint density at radius 3 is 2.71 bits per heavy atom. The van der Waals surface area contributed by atoms with Crippen molar-refractivity contribution in [2.24, 2.45) is 0 Å². The molecule has 0 fully saturated rings. The third-order valence-corrected chi connectivity index (χ3v) is 5.53. The molecule has 128 valence electrons. The minimum Gasteiger partial charge on any atom is -0.493 e. The van der Waals surface area contributed by atoms with Crippen LogP contribution in [0.25, 0.3) is 0 Å². The van der Waals surface area contributed by atoms with Crippen LogP contribution in [-0.4, -0.2) is 38.0 Å². The summed E-state index contributed by atoms with van der Waals surface area (Å²) < 4.78 is 10.5. The van der Waals surface area contributed by atoms with E-state index in [0.717, 1.165) is 31.6 Å². The lowest BCUT2D eigenvalue weighted by Gasteiger charge is -2.25. The van der Waals surface area contributed by atoms with Crippen LogP contribution in [0.4, 0.5) is 5.00 Å². The van der Waals surface area contributed by atoms with Crippen molar-refractivity contribution in [2.45, 2.75) is 19.9 Å². The minimum atomic E-state index is -0.0455. The third kappa shape index (κ3) is 2.87. The molecule has 1 aliphatic heterocycles. The Bertz CT molecular complexity index is 770. The smallest absolute Gasteiger partial charge is 0.196 e. The summed E-state index contributed by atoms with van der Waals surface area (Å²) in [6, 6.07) is 5.22. The lowest BCUT2D eigenvalue weighted by molar-refractivity contribution is 0.103. The molecule has 0 spiro atoms. The number of rotatable bonds is 5. The van der Waals surface area contributed by atoms with Gasteiger partial charge in [0.25, 0.3) is 0 Å². The molecule has 2 heterocycles. The Labute approximate surface area is 146 Å². The Hall–Kier alpha value is -2.05. The van der Waals surface area contributed by atoms with Gasteiger partial charge in [0.2, 0.25) is 0 Å². The van der Waals surface area contributed by atoms with Crippen LogP contribution in [0.15, 0.2) is 18.2 Å². The molecule has 6 heteroatoms. The number of ketones is 1. The van der Waals surface area contributed by atoms with E-state index in [2.05, 4.69) is 11.8 Å². The average molecular weight is 346 g/mol.